The molecule has 8 nitrogen and oxygen atoms in total. The third kappa shape index (κ3) is 2.98. The first-order valence-corrected chi connectivity index (χ1v) is 7.56. The highest BCUT2D eigenvalue weighted by Crippen LogP contribution is 2.23. The van der Waals surface area contributed by atoms with Crippen molar-refractivity contribution in [1.82, 2.24) is 14.9 Å². The van der Waals surface area contributed by atoms with E-state index in [-0.39, 0.29) is 0 Å². The van der Waals surface area contributed by atoms with E-state index in [0.717, 1.165) is 6.20 Å². The Kier molecular flexibility index (Phi) is 3.88. The summed E-state index contributed by atoms with van der Waals surface area (Å²) >= 11 is 0. The zero-order chi connectivity index (χ0) is 15.8. The normalized spacial score (nSPS) is 13.3. The number of aryl methyl sites for hydroxylation is 2. The fourth-order valence-corrected chi connectivity index (χ4v) is 3.38. The Balaban J connectivity index is 2.31. The van der Waals surface area contributed by atoms with Crippen molar-refractivity contribution >= 4 is 16.0 Å². The predicted octanol–water partition coefficient (Wildman–Crippen LogP) is 1.36. The lowest BCUT2D eigenvalue weighted by atomic mass is 10.1. The van der Waals surface area contributed by atoms with Gasteiger partial charge in [-0.15, -0.1) is 0 Å². The molecule has 0 saturated carbocycles. The Bertz CT molecular complexity index is 775. The smallest absolute Gasteiger partial charge is 0.340 e. The van der Waals surface area contributed by atoms with Crippen LogP contribution in [0.15, 0.2) is 21.7 Å². The van der Waals surface area contributed by atoms with Gasteiger partial charge in [-0.3, -0.25) is 5.10 Å². The van der Waals surface area contributed by atoms with Crippen LogP contribution in [0.4, 0.5) is 0 Å². The molecule has 9 heteroatoms. The summed E-state index contributed by atoms with van der Waals surface area (Å²) in [6.07, 6.45) is 0.953. The number of carboxylic acid groups (broad SMARTS) is 1. The second-order valence-corrected chi connectivity index (χ2v) is 6.28. The minimum Gasteiger partial charge on any atom is -0.478 e. The topological polar surface area (TPSA) is 125 Å². The maximum absolute atomic E-state index is 12.2. The molecule has 1 unspecified atom stereocenters. The fraction of sp³-hybridized carbons (Fsp3) is 0.333. The van der Waals surface area contributed by atoms with Gasteiger partial charge in [0.05, 0.1) is 6.20 Å². The van der Waals surface area contributed by atoms with Crippen molar-refractivity contribution in [3.63, 3.8) is 0 Å². The van der Waals surface area contributed by atoms with Gasteiger partial charge in [0.15, 0.2) is 5.03 Å². The average Bonchev–Trinajstić information content (AvgIpc) is 2.95. The van der Waals surface area contributed by atoms with Crippen LogP contribution in [0.2, 0.25) is 0 Å². The van der Waals surface area contributed by atoms with E-state index in [1.54, 1.807) is 26.8 Å². The van der Waals surface area contributed by atoms with Crippen molar-refractivity contribution in [2.75, 3.05) is 0 Å². The highest BCUT2D eigenvalue weighted by Gasteiger charge is 2.27. The van der Waals surface area contributed by atoms with Crippen LogP contribution in [0.1, 0.15) is 40.4 Å². The number of furan rings is 1. The van der Waals surface area contributed by atoms with E-state index >= 15 is 0 Å². The zero-order valence-corrected chi connectivity index (χ0v) is 12.5. The molecule has 2 aromatic heterocycles. The molecule has 0 aliphatic carbocycles. The second-order valence-electron chi connectivity index (χ2n) is 4.63. The molecule has 0 aliphatic heterocycles. The molecule has 0 spiro atoms. The first kappa shape index (κ1) is 15.3. The van der Waals surface area contributed by atoms with Crippen molar-refractivity contribution in [2.45, 2.75) is 31.8 Å². The van der Waals surface area contributed by atoms with Gasteiger partial charge in [-0.2, -0.15) is 5.10 Å². The van der Waals surface area contributed by atoms with E-state index < -0.39 is 32.6 Å². The van der Waals surface area contributed by atoms with Gasteiger partial charge in [0.25, 0.3) is 10.0 Å². The summed E-state index contributed by atoms with van der Waals surface area (Å²) in [5.74, 6) is -0.0980. The third-order valence-electron chi connectivity index (χ3n) is 2.98. The summed E-state index contributed by atoms with van der Waals surface area (Å²) in [4.78, 5) is 11.0. The number of sulfonamides is 1. The van der Waals surface area contributed by atoms with E-state index in [1.807, 2.05) is 0 Å². The Morgan fingerprint density at radius 3 is 2.67 bits per heavy atom. The molecule has 0 bridgehead atoms. The lowest BCUT2D eigenvalue weighted by Gasteiger charge is -2.13. The van der Waals surface area contributed by atoms with Crippen molar-refractivity contribution in [3.8, 4) is 0 Å². The first-order valence-electron chi connectivity index (χ1n) is 6.08. The molecule has 3 N–H and O–H groups in total. The van der Waals surface area contributed by atoms with Gasteiger partial charge in [0, 0.05) is 11.6 Å². The summed E-state index contributed by atoms with van der Waals surface area (Å²) in [5, 5.41) is 14.1. The Morgan fingerprint density at radius 1 is 1.48 bits per heavy atom. The molecule has 1 atom stereocenters. The standard InChI is InChI=1S/C12H15N3O5S/c1-6-4-9(8(3)20-6)7(2)15-21(18,19)11-10(12(16)17)5-13-14-11/h4-5,7,15H,1-3H3,(H,13,14)(H,16,17). The summed E-state index contributed by atoms with van der Waals surface area (Å²) < 4.78 is 32.2. The van der Waals surface area contributed by atoms with Gasteiger partial charge in [-0.1, -0.05) is 0 Å². The average molecular weight is 313 g/mol. The maximum atomic E-state index is 12.2. The van der Waals surface area contributed by atoms with Crippen molar-refractivity contribution in [2.24, 2.45) is 0 Å². The number of rotatable bonds is 5. The number of nitrogens with zero attached hydrogens (tertiary/aromatic N) is 1. The van der Waals surface area contributed by atoms with Crippen LogP contribution in [0.25, 0.3) is 0 Å². The molecule has 0 aliphatic rings. The maximum Gasteiger partial charge on any atom is 0.340 e. The molecule has 114 valence electrons. The molecule has 0 fully saturated rings. The van der Waals surface area contributed by atoms with E-state index in [0.29, 0.717) is 17.1 Å². The Hall–Kier alpha value is -2.13. The van der Waals surface area contributed by atoms with Gasteiger partial charge in [-0.25, -0.2) is 17.9 Å². The molecule has 0 aromatic carbocycles. The molecule has 2 rings (SSSR count). The zero-order valence-electron chi connectivity index (χ0n) is 11.7. The fourth-order valence-electron chi connectivity index (χ4n) is 2.07. The lowest BCUT2D eigenvalue weighted by Crippen LogP contribution is -2.28. The largest absolute Gasteiger partial charge is 0.478 e. The first-order chi connectivity index (χ1) is 9.72. The van der Waals surface area contributed by atoms with Gasteiger partial charge >= 0.3 is 5.97 Å². The van der Waals surface area contributed by atoms with E-state index in [9.17, 15) is 13.2 Å². The number of carbonyl (C=O) groups is 1. The number of aromatic amines is 1. The van der Waals surface area contributed by atoms with Crippen molar-refractivity contribution < 1.29 is 22.7 Å². The van der Waals surface area contributed by atoms with Crippen molar-refractivity contribution in [3.05, 3.63) is 34.9 Å². The number of aromatic carboxylic acids is 1. The molecule has 0 saturated heterocycles. The van der Waals surface area contributed by atoms with E-state index in [2.05, 4.69) is 14.9 Å². The minimum atomic E-state index is -4.04. The number of hydrogen-bond donors (Lipinski definition) is 3. The SMILES string of the molecule is Cc1cc(C(C)NS(=O)(=O)c2[nH]ncc2C(=O)O)c(C)o1. The summed E-state index contributed by atoms with van der Waals surface area (Å²) in [6, 6.07) is 1.16. The second kappa shape index (κ2) is 5.34. The molecular formula is C12H15N3O5S. The van der Waals surface area contributed by atoms with Gasteiger partial charge in [0.2, 0.25) is 0 Å². The number of hydrogen-bond acceptors (Lipinski definition) is 5. The Morgan fingerprint density at radius 2 is 2.14 bits per heavy atom. The lowest BCUT2D eigenvalue weighted by molar-refractivity contribution is 0.0692. The van der Waals surface area contributed by atoms with Crippen molar-refractivity contribution in [1.29, 1.82) is 0 Å². The van der Waals surface area contributed by atoms with E-state index in [4.69, 9.17) is 9.52 Å². The van der Waals surface area contributed by atoms with Gasteiger partial charge in [-0.05, 0) is 26.8 Å². The quantitative estimate of drug-likeness (QED) is 0.765. The number of nitrogens with one attached hydrogen (secondary N) is 2. The van der Waals surface area contributed by atoms with E-state index in [1.165, 1.54) is 0 Å². The minimum absolute atomic E-state index is 0.408. The highest BCUT2D eigenvalue weighted by molar-refractivity contribution is 7.89. The molecule has 2 aromatic rings. The van der Waals surface area contributed by atoms with Gasteiger partial charge < -0.3 is 9.52 Å². The molecule has 0 amide bonds. The molecule has 2 heterocycles. The summed E-state index contributed by atoms with van der Waals surface area (Å²) in [7, 11) is -4.04. The van der Waals surface area contributed by atoms with Crippen LogP contribution in [-0.2, 0) is 10.0 Å². The highest BCUT2D eigenvalue weighted by atomic mass is 32.2. The van der Waals surface area contributed by atoms with Crippen LogP contribution in [0, 0.1) is 13.8 Å². The van der Waals surface area contributed by atoms with Crippen LogP contribution >= 0.6 is 0 Å². The third-order valence-corrected chi connectivity index (χ3v) is 4.49. The monoisotopic (exact) mass is 313 g/mol. The number of aromatic nitrogens is 2. The van der Waals surface area contributed by atoms with Crippen LogP contribution in [-0.4, -0.2) is 29.7 Å². The Labute approximate surface area is 121 Å². The number of carboxylic acids is 1. The van der Waals surface area contributed by atoms with Crippen LogP contribution in [0.5, 0.6) is 0 Å². The molecule has 21 heavy (non-hydrogen) atoms. The molecule has 0 radical (unpaired) electrons. The van der Waals surface area contributed by atoms with Crippen LogP contribution in [0.3, 0.4) is 0 Å². The number of H-pyrrole nitrogens is 1. The van der Waals surface area contributed by atoms with Gasteiger partial charge in [0.1, 0.15) is 17.1 Å². The molecular weight excluding hydrogens is 298 g/mol. The summed E-state index contributed by atoms with van der Waals surface area (Å²) in [5.41, 5.74) is 0.280. The summed E-state index contributed by atoms with van der Waals surface area (Å²) in [6.45, 7) is 5.13. The predicted molar refractivity (Wildman–Crippen MR) is 72.5 cm³/mol. The van der Waals surface area contributed by atoms with Crippen LogP contribution < -0.4 is 4.72 Å².